The third-order valence-electron chi connectivity index (χ3n) is 4.26. The molecule has 27 heavy (non-hydrogen) atoms. The number of nitrogens with zero attached hydrogens (tertiary/aromatic N) is 1. The van der Waals surface area contributed by atoms with Gasteiger partial charge in [-0.25, -0.2) is 9.59 Å². The van der Waals surface area contributed by atoms with Crippen LogP contribution in [0.15, 0.2) is 42.6 Å². The molecule has 0 aliphatic carbocycles. The Hall–Kier alpha value is -3.41. The third kappa shape index (κ3) is 3.74. The summed E-state index contributed by atoms with van der Waals surface area (Å²) in [6.45, 7) is 5.81. The van der Waals surface area contributed by atoms with E-state index in [2.05, 4.69) is 10.3 Å². The largest absolute Gasteiger partial charge is 0.478 e. The standard InChI is InChI=1S/C21H20N2O4/c1-4-27-21(26)16-11-22-17-8-5-12(2)9-15(17)19(16)23-18-10-14(20(24)25)7-6-13(18)3/h5-11H,4H2,1-3H3,(H,22,23)(H,24,25). The van der Waals surface area contributed by atoms with E-state index in [0.29, 0.717) is 16.9 Å². The fourth-order valence-electron chi connectivity index (χ4n) is 2.83. The first-order valence-corrected chi connectivity index (χ1v) is 8.58. The number of ether oxygens (including phenoxy) is 1. The Morgan fingerprint density at radius 2 is 1.93 bits per heavy atom. The van der Waals surface area contributed by atoms with Crippen molar-refractivity contribution >= 4 is 34.2 Å². The number of nitrogens with one attached hydrogen (secondary N) is 1. The molecule has 0 saturated carbocycles. The normalized spacial score (nSPS) is 10.6. The number of rotatable bonds is 5. The highest BCUT2D eigenvalue weighted by Crippen LogP contribution is 2.32. The lowest BCUT2D eigenvalue weighted by molar-refractivity contribution is 0.0526. The van der Waals surface area contributed by atoms with Crippen LogP contribution < -0.4 is 5.32 Å². The van der Waals surface area contributed by atoms with Gasteiger partial charge in [-0.05, 0) is 50.6 Å². The summed E-state index contributed by atoms with van der Waals surface area (Å²) in [6.07, 6.45) is 1.48. The summed E-state index contributed by atoms with van der Waals surface area (Å²) in [7, 11) is 0. The van der Waals surface area contributed by atoms with Gasteiger partial charge in [0.25, 0.3) is 0 Å². The Labute approximate surface area is 156 Å². The van der Waals surface area contributed by atoms with Crippen molar-refractivity contribution in [3.05, 3.63) is 64.8 Å². The molecule has 0 atom stereocenters. The quantitative estimate of drug-likeness (QED) is 0.649. The number of benzene rings is 2. The lowest BCUT2D eigenvalue weighted by Crippen LogP contribution is -2.10. The summed E-state index contributed by atoms with van der Waals surface area (Å²) in [6, 6.07) is 10.6. The van der Waals surface area contributed by atoms with Gasteiger partial charge in [0.2, 0.25) is 0 Å². The summed E-state index contributed by atoms with van der Waals surface area (Å²) < 4.78 is 5.16. The highest BCUT2D eigenvalue weighted by molar-refractivity contribution is 6.06. The van der Waals surface area contributed by atoms with E-state index in [-0.39, 0.29) is 12.2 Å². The first-order valence-electron chi connectivity index (χ1n) is 8.58. The highest BCUT2D eigenvalue weighted by atomic mass is 16.5. The molecule has 1 aromatic heterocycles. The van der Waals surface area contributed by atoms with Gasteiger partial charge in [-0.1, -0.05) is 17.7 Å². The number of anilines is 2. The minimum atomic E-state index is -1.01. The second-order valence-electron chi connectivity index (χ2n) is 6.25. The predicted octanol–water partition coefficient (Wildman–Crippen LogP) is 4.47. The van der Waals surface area contributed by atoms with Crippen LogP contribution in [0, 0.1) is 13.8 Å². The van der Waals surface area contributed by atoms with Crippen LogP contribution in [-0.4, -0.2) is 28.6 Å². The number of fused-ring (bicyclic) bond motifs is 1. The van der Waals surface area contributed by atoms with Gasteiger partial charge < -0.3 is 15.2 Å². The Balaban J connectivity index is 2.20. The number of aromatic nitrogens is 1. The molecule has 2 aromatic carbocycles. The van der Waals surface area contributed by atoms with Gasteiger partial charge >= 0.3 is 11.9 Å². The molecule has 138 valence electrons. The number of carboxylic acid groups (broad SMARTS) is 1. The number of aromatic carboxylic acids is 1. The van der Waals surface area contributed by atoms with Crippen molar-refractivity contribution in [1.82, 2.24) is 4.98 Å². The maximum absolute atomic E-state index is 12.4. The SMILES string of the molecule is CCOC(=O)c1cnc2ccc(C)cc2c1Nc1cc(C(=O)O)ccc1C. The van der Waals surface area contributed by atoms with Crippen molar-refractivity contribution in [2.24, 2.45) is 0 Å². The molecule has 0 radical (unpaired) electrons. The molecule has 6 heteroatoms. The van der Waals surface area contributed by atoms with E-state index in [1.54, 1.807) is 25.1 Å². The molecule has 0 unspecified atom stereocenters. The Bertz CT molecular complexity index is 1040. The van der Waals surface area contributed by atoms with Crippen molar-refractivity contribution in [3.63, 3.8) is 0 Å². The number of hydrogen-bond donors (Lipinski definition) is 2. The summed E-state index contributed by atoms with van der Waals surface area (Å²) in [5.41, 5.74) is 4.22. The molecule has 6 nitrogen and oxygen atoms in total. The van der Waals surface area contributed by atoms with E-state index >= 15 is 0 Å². The molecule has 1 heterocycles. The van der Waals surface area contributed by atoms with Crippen molar-refractivity contribution in [3.8, 4) is 0 Å². The van der Waals surface area contributed by atoms with Gasteiger partial charge in [0.05, 0.1) is 23.4 Å². The second kappa shape index (κ2) is 7.45. The van der Waals surface area contributed by atoms with Crippen LogP contribution in [-0.2, 0) is 4.74 Å². The number of carbonyl (C=O) groups excluding carboxylic acids is 1. The number of esters is 1. The molecule has 3 aromatic rings. The van der Waals surface area contributed by atoms with Crippen LogP contribution in [0.1, 0.15) is 38.8 Å². The molecule has 0 aliphatic heterocycles. The van der Waals surface area contributed by atoms with E-state index in [0.717, 1.165) is 22.0 Å². The van der Waals surface area contributed by atoms with Crippen LogP contribution in [0.25, 0.3) is 10.9 Å². The number of carboxylic acids is 1. The van der Waals surface area contributed by atoms with Crippen molar-refractivity contribution in [2.75, 3.05) is 11.9 Å². The summed E-state index contributed by atoms with van der Waals surface area (Å²) in [5, 5.41) is 13.3. The van der Waals surface area contributed by atoms with E-state index in [1.165, 1.54) is 6.20 Å². The van der Waals surface area contributed by atoms with Crippen LogP contribution in [0.5, 0.6) is 0 Å². The van der Waals surface area contributed by atoms with Gasteiger partial charge in [-0.15, -0.1) is 0 Å². The second-order valence-corrected chi connectivity index (χ2v) is 6.25. The summed E-state index contributed by atoms with van der Waals surface area (Å²) in [4.78, 5) is 28.1. The lowest BCUT2D eigenvalue weighted by Gasteiger charge is -2.16. The van der Waals surface area contributed by atoms with E-state index < -0.39 is 11.9 Å². The summed E-state index contributed by atoms with van der Waals surface area (Å²) >= 11 is 0. The molecule has 0 amide bonds. The maximum atomic E-state index is 12.4. The number of carbonyl (C=O) groups is 2. The minimum absolute atomic E-state index is 0.162. The van der Waals surface area contributed by atoms with Gasteiger partial charge in [0, 0.05) is 17.3 Å². The maximum Gasteiger partial charge on any atom is 0.341 e. The predicted molar refractivity (Wildman–Crippen MR) is 104 cm³/mol. The molecule has 0 spiro atoms. The minimum Gasteiger partial charge on any atom is -0.478 e. The Kier molecular flexibility index (Phi) is 5.07. The van der Waals surface area contributed by atoms with Crippen molar-refractivity contribution in [2.45, 2.75) is 20.8 Å². The van der Waals surface area contributed by atoms with E-state index in [9.17, 15) is 14.7 Å². The number of hydrogen-bond acceptors (Lipinski definition) is 5. The topological polar surface area (TPSA) is 88.5 Å². The molecule has 0 aliphatic rings. The van der Waals surface area contributed by atoms with E-state index in [4.69, 9.17) is 4.74 Å². The Morgan fingerprint density at radius 1 is 1.15 bits per heavy atom. The molecule has 2 N–H and O–H groups in total. The van der Waals surface area contributed by atoms with Crippen LogP contribution in [0.2, 0.25) is 0 Å². The summed E-state index contributed by atoms with van der Waals surface area (Å²) in [5.74, 6) is -1.50. The fraction of sp³-hybridized carbons (Fsp3) is 0.190. The average Bonchev–Trinajstić information content (AvgIpc) is 2.63. The number of aryl methyl sites for hydroxylation is 2. The molecule has 0 bridgehead atoms. The zero-order chi connectivity index (χ0) is 19.6. The molecule has 0 saturated heterocycles. The smallest absolute Gasteiger partial charge is 0.341 e. The molecular weight excluding hydrogens is 344 g/mol. The molecule has 0 fully saturated rings. The number of pyridine rings is 1. The lowest BCUT2D eigenvalue weighted by atomic mass is 10.0. The van der Waals surface area contributed by atoms with Crippen LogP contribution in [0.4, 0.5) is 11.4 Å². The zero-order valence-electron chi connectivity index (χ0n) is 15.4. The van der Waals surface area contributed by atoms with Gasteiger partial charge in [0.15, 0.2) is 0 Å². The van der Waals surface area contributed by atoms with Crippen LogP contribution >= 0.6 is 0 Å². The first-order chi connectivity index (χ1) is 12.9. The van der Waals surface area contributed by atoms with E-state index in [1.807, 2.05) is 32.0 Å². The van der Waals surface area contributed by atoms with Gasteiger partial charge in [-0.2, -0.15) is 0 Å². The van der Waals surface area contributed by atoms with Gasteiger partial charge in [-0.3, -0.25) is 4.98 Å². The molecular formula is C21H20N2O4. The fourth-order valence-corrected chi connectivity index (χ4v) is 2.83. The van der Waals surface area contributed by atoms with Crippen LogP contribution in [0.3, 0.4) is 0 Å². The molecule has 3 rings (SSSR count). The van der Waals surface area contributed by atoms with Crippen molar-refractivity contribution in [1.29, 1.82) is 0 Å². The highest BCUT2D eigenvalue weighted by Gasteiger charge is 2.18. The van der Waals surface area contributed by atoms with Crippen molar-refractivity contribution < 1.29 is 19.4 Å². The Morgan fingerprint density at radius 3 is 2.63 bits per heavy atom. The monoisotopic (exact) mass is 364 g/mol. The first kappa shape index (κ1) is 18.4. The average molecular weight is 364 g/mol. The van der Waals surface area contributed by atoms with Gasteiger partial charge in [0.1, 0.15) is 5.56 Å². The third-order valence-corrected chi connectivity index (χ3v) is 4.26. The zero-order valence-corrected chi connectivity index (χ0v) is 15.4.